The zero-order chi connectivity index (χ0) is 17.0. The number of hydrogen-bond acceptors (Lipinski definition) is 4. The van der Waals surface area contributed by atoms with Crippen LogP contribution in [-0.4, -0.2) is 26.7 Å². The lowest BCUT2D eigenvalue weighted by Crippen LogP contribution is -2.30. The minimum absolute atomic E-state index is 0.168. The quantitative estimate of drug-likeness (QED) is 0.910. The van der Waals surface area contributed by atoms with Gasteiger partial charge in [-0.25, -0.2) is 12.8 Å². The number of amides is 1. The molecule has 0 heterocycles. The van der Waals surface area contributed by atoms with Crippen LogP contribution in [0.15, 0.2) is 53.4 Å². The average Bonchev–Trinajstić information content (AvgIpc) is 2.46. The van der Waals surface area contributed by atoms with Crippen molar-refractivity contribution in [3.05, 3.63) is 54.3 Å². The van der Waals surface area contributed by atoms with E-state index in [4.69, 9.17) is 4.74 Å². The van der Waals surface area contributed by atoms with Gasteiger partial charge in [0.25, 0.3) is 5.91 Å². The molecule has 1 amide bonds. The van der Waals surface area contributed by atoms with Crippen molar-refractivity contribution in [2.45, 2.75) is 17.9 Å². The van der Waals surface area contributed by atoms with Crippen LogP contribution >= 0.6 is 0 Å². The number of benzene rings is 2. The van der Waals surface area contributed by atoms with Crippen LogP contribution in [0.4, 0.5) is 10.1 Å². The molecule has 7 heteroatoms. The molecular weight excluding hydrogens is 321 g/mol. The fourth-order valence-corrected chi connectivity index (χ4v) is 2.46. The highest BCUT2D eigenvalue weighted by atomic mass is 32.2. The van der Waals surface area contributed by atoms with Gasteiger partial charge in [-0.2, -0.15) is 0 Å². The Bertz CT molecular complexity index is 803. The van der Waals surface area contributed by atoms with Crippen LogP contribution in [0.1, 0.15) is 6.92 Å². The number of rotatable bonds is 5. The SMILES string of the molecule is CC(Oc1ccc(S(C)(=O)=O)cc1)C(=O)Nc1cccc(F)c1. The molecule has 0 fully saturated rings. The summed E-state index contributed by atoms with van der Waals surface area (Å²) in [5.74, 6) is -0.533. The van der Waals surface area contributed by atoms with E-state index in [1.807, 2.05) is 0 Å². The number of anilines is 1. The van der Waals surface area contributed by atoms with E-state index in [-0.39, 0.29) is 4.90 Å². The van der Waals surface area contributed by atoms with Gasteiger partial charge in [-0.05, 0) is 49.4 Å². The predicted molar refractivity (Wildman–Crippen MR) is 84.7 cm³/mol. The van der Waals surface area contributed by atoms with Gasteiger partial charge in [0.15, 0.2) is 15.9 Å². The number of carbonyl (C=O) groups excluding carboxylic acids is 1. The summed E-state index contributed by atoms with van der Waals surface area (Å²) in [6.07, 6.45) is 0.278. The standard InChI is InChI=1S/C16H16FNO4S/c1-11(16(19)18-13-5-3-4-12(17)10-13)22-14-6-8-15(9-7-14)23(2,20)21/h3-11H,1-2H3,(H,18,19). The summed E-state index contributed by atoms with van der Waals surface area (Å²) >= 11 is 0. The maximum absolute atomic E-state index is 13.1. The van der Waals surface area contributed by atoms with Crippen LogP contribution < -0.4 is 10.1 Å². The van der Waals surface area contributed by atoms with Gasteiger partial charge < -0.3 is 10.1 Å². The molecule has 0 radical (unpaired) electrons. The molecule has 122 valence electrons. The molecule has 0 saturated carbocycles. The lowest BCUT2D eigenvalue weighted by atomic mass is 10.3. The van der Waals surface area contributed by atoms with Crippen LogP contribution in [-0.2, 0) is 14.6 Å². The number of nitrogens with one attached hydrogen (secondary N) is 1. The van der Waals surface area contributed by atoms with Crippen LogP contribution in [0, 0.1) is 5.82 Å². The molecular formula is C16H16FNO4S. The lowest BCUT2D eigenvalue weighted by molar-refractivity contribution is -0.122. The van der Waals surface area contributed by atoms with E-state index < -0.39 is 27.7 Å². The highest BCUT2D eigenvalue weighted by Gasteiger charge is 2.15. The first-order chi connectivity index (χ1) is 10.8. The van der Waals surface area contributed by atoms with Gasteiger partial charge in [-0.15, -0.1) is 0 Å². The minimum Gasteiger partial charge on any atom is -0.481 e. The Morgan fingerprint density at radius 3 is 2.39 bits per heavy atom. The van der Waals surface area contributed by atoms with E-state index in [1.54, 1.807) is 13.0 Å². The molecule has 0 aromatic heterocycles. The third kappa shape index (κ3) is 4.79. The summed E-state index contributed by atoms with van der Waals surface area (Å²) in [6, 6.07) is 11.3. The number of carbonyl (C=O) groups is 1. The van der Waals surface area contributed by atoms with Gasteiger partial charge >= 0.3 is 0 Å². The third-order valence-corrected chi connectivity index (χ3v) is 4.15. The molecule has 2 aromatic carbocycles. The molecule has 2 aromatic rings. The van der Waals surface area contributed by atoms with Crippen molar-refractivity contribution >= 4 is 21.4 Å². The zero-order valence-corrected chi connectivity index (χ0v) is 13.4. The van der Waals surface area contributed by atoms with Crippen molar-refractivity contribution in [3.8, 4) is 5.75 Å². The highest BCUT2D eigenvalue weighted by molar-refractivity contribution is 7.90. The highest BCUT2D eigenvalue weighted by Crippen LogP contribution is 2.17. The van der Waals surface area contributed by atoms with Crippen LogP contribution in [0.3, 0.4) is 0 Å². The molecule has 2 rings (SSSR count). The van der Waals surface area contributed by atoms with Gasteiger partial charge in [0.1, 0.15) is 11.6 Å². The molecule has 0 aliphatic heterocycles. The maximum atomic E-state index is 13.1. The lowest BCUT2D eigenvalue weighted by Gasteiger charge is -2.15. The molecule has 5 nitrogen and oxygen atoms in total. The summed E-state index contributed by atoms with van der Waals surface area (Å²) < 4.78 is 41.3. The molecule has 0 aliphatic carbocycles. The average molecular weight is 337 g/mol. The first-order valence-corrected chi connectivity index (χ1v) is 8.68. The summed E-state index contributed by atoms with van der Waals surface area (Å²) in [7, 11) is -3.28. The number of sulfone groups is 1. The first-order valence-electron chi connectivity index (χ1n) is 6.79. The van der Waals surface area contributed by atoms with Gasteiger partial charge in [-0.1, -0.05) is 6.07 Å². The molecule has 1 atom stereocenters. The summed E-state index contributed by atoms with van der Waals surface area (Å²) in [5, 5.41) is 2.54. The zero-order valence-electron chi connectivity index (χ0n) is 12.6. The summed E-state index contributed by atoms with van der Waals surface area (Å²) in [6.45, 7) is 1.54. The second kappa shape index (κ2) is 6.78. The Morgan fingerprint density at radius 1 is 1.17 bits per heavy atom. The molecule has 1 N–H and O–H groups in total. The smallest absolute Gasteiger partial charge is 0.265 e. The van der Waals surface area contributed by atoms with Crippen molar-refractivity contribution < 1.29 is 22.3 Å². The van der Waals surface area contributed by atoms with E-state index >= 15 is 0 Å². The molecule has 0 aliphatic rings. The van der Waals surface area contributed by atoms with E-state index in [2.05, 4.69) is 5.32 Å². The van der Waals surface area contributed by atoms with Crippen molar-refractivity contribution in [2.75, 3.05) is 11.6 Å². The van der Waals surface area contributed by atoms with E-state index in [9.17, 15) is 17.6 Å². The van der Waals surface area contributed by atoms with Crippen molar-refractivity contribution in [1.82, 2.24) is 0 Å². The molecule has 23 heavy (non-hydrogen) atoms. The third-order valence-electron chi connectivity index (χ3n) is 3.03. The summed E-state index contributed by atoms with van der Waals surface area (Å²) in [5.41, 5.74) is 0.331. The number of hydrogen-bond donors (Lipinski definition) is 1. The summed E-state index contributed by atoms with van der Waals surface area (Å²) in [4.78, 5) is 12.2. The van der Waals surface area contributed by atoms with Gasteiger partial charge in [0.2, 0.25) is 0 Å². The predicted octanol–water partition coefficient (Wildman–Crippen LogP) is 2.64. The van der Waals surface area contributed by atoms with E-state index in [0.717, 1.165) is 6.26 Å². The second-order valence-corrected chi connectivity index (χ2v) is 7.02. The number of ether oxygens (including phenoxy) is 1. The number of halogens is 1. The Labute approximate surface area is 134 Å². The Balaban J connectivity index is 2.01. The normalized spacial score (nSPS) is 12.5. The maximum Gasteiger partial charge on any atom is 0.265 e. The van der Waals surface area contributed by atoms with Crippen molar-refractivity contribution in [2.24, 2.45) is 0 Å². The Hall–Kier alpha value is -2.41. The van der Waals surface area contributed by atoms with Gasteiger partial charge in [-0.3, -0.25) is 4.79 Å². The Kier molecular flexibility index (Phi) is 5.00. The fraction of sp³-hybridized carbons (Fsp3) is 0.188. The van der Waals surface area contributed by atoms with Crippen molar-refractivity contribution in [3.63, 3.8) is 0 Å². The van der Waals surface area contributed by atoms with Gasteiger partial charge in [0.05, 0.1) is 4.90 Å². The topological polar surface area (TPSA) is 72.5 Å². The fourth-order valence-electron chi connectivity index (χ4n) is 1.83. The largest absolute Gasteiger partial charge is 0.481 e. The molecule has 0 saturated heterocycles. The molecule has 0 bridgehead atoms. The van der Waals surface area contributed by atoms with E-state index in [1.165, 1.54) is 42.5 Å². The van der Waals surface area contributed by atoms with Crippen LogP contribution in [0.25, 0.3) is 0 Å². The minimum atomic E-state index is -3.28. The van der Waals surface area contributed by atoms with E-state index in [0.29, 0.717) is 11.4 Å². The van der Waals surface area contributed by atoms with Gasteiger partial charge in [0, 0.05) is 11.9 Å². The molecule has 0 spiro atoms. The van der Waals surface area contributed by atoms with Crippen LogP contribution in [0.2, 0.25) is 0 Å². The monoisotopic (exact) mass is 337 g/mol. The first kappa shape index (κ1) is 17.0. The van der Waals surface area contributed by atoms with Crippen LogP contribution in [0.5, 0.6) is 5.75 Å². The molecule has 1 unspecified atom stereocenters. The second-order valence-electron chi connectivity index (χ2n) is 5.00. The van der Waals surface area contributed by atoms with Crippen molar-refractivity contribution in [1.29, 1.82) is 0 Å². The Morgan fingerprint density at radius 2 is 1.83 bits per heavy atom.